The minimum atomic E-state index is 0.577. The molecule has 2 N–H and O–H groups in total. The first-order valence-electron chi connectivity index (χ1n) is 5.75. The van der Waals surface area contributed by atoms with Gasteiger partial charge in [0.1, 0.15) is 11.5 Å². The van der Waals surface area contributed by atoms with Gasteiger partial charge in [-0.05, 0) is 37.5 Å². The second-order valence-electron chi connectivity index (χ2n) is 4.58. The lowest BCUT2D eigenvalue weighted by molar-refractivity contribution is 0.751. The van der Waals surface area contributed by atoms with Gasteiger partial charge in [-0.1, -0.05) is 22.0 Å². The predicted molar refractivity (Wildman–Crippen MR) is 72.8 cm³/mol. The summed E-state index contributed by atoms with van der Waals surface area (Å²) in [4.78, 5) is 4.44. The second kappa shape index (κ2) is 3.88. The largest absolute Gasteiger partial charge is 0.383 e. The molecule has 1 aromatic carbocycles. The molecule has 1 aromatic heterocycles. The number of nitrogen functional groups attached to an aromatic ring is 1. The maximum Gasteiger partial charge on any atom is 0.131 e. The highest BCUT2D eigenvalue weighted by atomic mass is 79.9. The topological polar surface area (TPSA) is 43.8 Å². The average molecular weight is 292 g/mol. The van der Waals surface area contributed by atoms with Gasteiger partial charge in [-0.15, -0.1) is 0 Å². The van der Waals surface area contributed by atoms with Crippen LogP contribution >= 0.6 is 15.9 Å². The number of halogens is 1. The molecule has 1 aliphatic rings. The molecule has 17 heavy (non-hydrogen) atoms. The van der Waals surface area contributed by atoms with Crippen LogP contribution in [0.25, 0.3) is 11.3 Å². The van der Waals surface area contributed by atoms with E-state index in [0.717, 1.165) is 21.5 Å². The lowest BCUT2D eigenvalue weighted by Gasteiger charge is -2.05. The summed E-state index contributed by atoms with van der Waals surface area (Å²) in [6.07, 6.45) is 4.30. The number of anilines is 1. The molecule has 4 heteroatoms. The summed E-state index contributed by atoms with van der Waals surface area (Å²) in [7, 11) is 0. The van der Waals surface area contributed by atoms with Gasteiger partial charge in [0, 0.05) is 16.1 Å². The Balaban J connectivity index is 2.05. The lowest BCUT2D eigenvalue weighted by Crippen LogP contribution is -1.99. The molecule has 0 amide bonds. The van der Waals surface area contributed by atoms with Gasteiger partial charge in [0.05, 0.1) is 6.33 Å². The van der Waals surface area contributed by atoms with Gasteiger partial charge in [-0.3, -0.25) is 0 Å². The number of hydrogen-bond acceptors (Lipinski definition) is 2. The van der Waals surface area contributed by atoms with Crippen LogP contribution in [0.15, 0.2) is 29.0 Å². The number of nitrogens with two attached hydrogens (primary N) is 1. The Hall–Kier alpha value is -1.29. The lowest BCUT2D eigenvalue weighted by atomic mass is 10.1. The van der Waals surface area contributed by atoms with Gasteiger partial charge < -0.3 is 10.3 Å². The Morgan fingerprint density at radius 2 is 2.18 bits per heavy atom. The van der Waals surface area contributed by atoms with Crippen molar-refractivity contribution in [2.45, 2.75) is 25.8 Å². The molecule has 88 valence electrons. The maximum absolute atomic E-state index is 6.15. The third-order valence-corrected chi connectivity index (χ3v) is 4.09. The Morgan fingerprint density at radius 1 is 1.41 bits per heavy atom. The van der Waals surface area contributed by atoms with Gasteiger partial charge in [0.25, 0.3) is 0 Å². The highest BCUT2D eigenvalue weighted by Gasteiger charge is 2.26. The van der Waals surface area contributed by atoms with E-state index in [-0.39, 0.29) is 0 Å². The average Bonchev–Trinajstić information content (AvgIpc) is 3.07. The number of imidazole rings is 1. The summed E-state index contributed by atoms with van der Waals surface area (Å²) >= 11 is 3.50. The molecule has 0 saturated heterocycles. The van der Waals surface area contributed by atoms with Crippen LogP contribution in [0.2, 0.25) is 0 Å². The first kappa shape index (κ1) is 10.8. The van der Waals surface area contributed by atoms with Gasteiger partial charge in [-0.2, -0.15) is 0 Å². The molecule has 1 fully saturated rings. The molecule has 1 aliphatic carbocycles. The van der Waals surface area contributed by atoms with Crippen molar-refractivity contribution >= 4 is 21.7 Å². The monoisotopic (exact) mass is 291 g/mol. The van der Waals surface area contributed by atoms with Crippen LogP contribution in [-0.4, -0.2) is 9.55 Å². The van der Waals surface area contributed by atoms with Gasteiger partial charge in [0.15, 0.2) is 0 Å². The first-order chi connectivity index (χ1) is 8.16. The molecule has 3 nitrogen and oxygen atoms in total. The number of nitrogens with zero attached hydrogens (tertiary/aromatic N) is 2. The predicted octanol–water partition coefficient (Wildman–Crippen LogP) is 3.54. The zero-order valence-corrected chi connectivity index (χ0v) is 11.2. The SMILES string of the molecule is Cc1cc(-c2ncn(C3CC3)c2N)ccc1Br. The molecular formula is C13H14BrN3. The molecule has 0 bridgehead atoms. The van der Waals surface area contributed by atoms with Crippen LogP contribution in [0.4, 0.5) is 5.82 Å². The quantitative estimate of drug-likeness (QED) is 0.920. The van der Waals surface area contributed by atoms with E-state index in [4.69, 9.17) is 5.73 Å². The molecule has 0 spiro atoms. The van der Waals surface area contributed by atoms with Crippen molar-refractivity contribution < 1.29 is 0 Å². The molecule has 0 radical (unpaired) electrons. The number of aromatic nitrogens is 2. The highest BCUT2D eigenvalue weighted by molar-refractivity contribution is 9.10. The molecule has 3 rings (SSSR count). The van der Waals surface area contributed by atoms with E-state index in [9.17, 15) is 0 Å². The van der Waals surface area contributed by atoms with Gasteiger partial charge in [-0.25, -0.2) is 4.98 Å². The Bertz CT molecular complexity index is 570. The van der Waals surface area contributed by atoms with Gasteiger partial charge in [0.2, 0.25) is 0 Å². The van der Waals surface area contributed by atoms with Crippen molar-refractivity contribution in [3.63, 3.8) is 0 Å². The van der Waals surface area contributed by atoms with Crippen LogP contribution in [0.1, 0.15) is 24.4 Å². The van der Waals surface area contributed by atoms with Crippen molar-refractivity contribution in [1.29, 1.82) is 0 Å². The second-order valence-corrected chi connectivity index (χ2v) is 5.44. The van der Waals surface area contributed by atoms with Gasteiger partial charge >= 0.3 is 0 Å². The standard InChI is InChI=1S/C13H14BrN3/c1-8-6-9(2-5-11(8)14)12-13(15)17(7-16-12)10-3-4-10/h2,5-7,10H,3-4,15H2,1H3. The van der Waals surface area contributed by atoms with E-state index >= 15 is 0 Å². The van der Waals surface area contributed by atoms with Crippen molar-refractivity contribution in [3.05, 3.63) is 34.6 Å². The normalized spacial score (nSPS) is 15.2. The Kier molecular flexibility index (Phi) is 2.47. The minimum absolute atomic E-state index is 0.577. The van der Waals surface area contributed by atoms with Crippen LogP contribution in [-0.2, 0) is 0 Å². The number of rotatable bonds is 2. The summed E-state index contributed by atoms with van der Waals surface area (Å²) in [6, 6.07) is 6.78. The van der Waals surface area contributed by atoms with E-state index in [0.29, 0.717) is 6.04 Å². The summed E-state index contributed by atoms with van der Waals surface area (Å²) in [5, 5.41) is 0. The summed E-state index contributed by atoms with van der Waals surface area (Å²) < 4.78 is 3.20. The Morgan fingerprint density at radius 3 is 2.82 bits per heavy atom. The first-order valence-corrected chi connectivity index (χ1v) is 6.55. The highest BCUT2D eigenvalue weighted by Crippen LogP contribution is 2.39. The van der Waals surface area contributed by atoms with Crippen LogP contribution in [0.5, 0.6) is 0 Å². The smallest absolute Gasteiger partial charge is 0.131 e. The van der Waals surface area contributed by atoms with Crippen molar-refractivity contribution in [2.75, 3.05) is 5.73 Å². The number of aryl methyl sites for hydroxylation is 1. The third-order valence-electron chi connectivity index (χ3n) is 3.20. The van der Waals surface area contributed by atoms with E-state index in [2.05, 4.69) is 38.5 Å². The van der Waals surface area contributed by atoms with Crippen LogP contribution in [0.3, 0.4) is 0 Å². The minimum Gasteiger partial charge on any atom is -0.383 e. The van der Waals surface area contributed by atoms with Crippen molar-refractivity contribution in [3.8, 4) is 11.3 Å². The molecule has 1 saturated carbocycles. The van der Waals surface area contributed by atoms with E-state index in [1.165, 1.54) is 18.4 Å². The molecule has 0 unspecified atom stereocenters. The fourth-order valence-corrected chi connectivity index (χ4v) is 2.28. The third kappa shape index (κ3) is 1.86. The maximum atomic E-state index is 6.15. The van der Waals surface area contributed by atoms with Crippen molar-refractivity contribution in [2.24, 2.45) is 0 Å². The van der Waals surface area contributed by atoms with Crippen LogP contribution in [0, 0.1) is 6.92 Å². The zero-order valence-electron chi connectivity index (χ0n) is 9.65. The molecule has 0 atom stereocenters. The fourth-order valence-electron chi connectivity index (χ4n) is 2.03. The molecular weight excluding hydrogens is 278 g/mol. The molecule has 2 aromatic rings. The summed E-state index contributed by atoms with van der Waals surface area (Å²) in [5.41, 5.74) is 9.33. The van der Waals surface area contributed by atoms with E-state index < -0.39 is 0 Å². The fraction of sp³-hybridized carbons (Fsp3) is 0.308. The zero-order chi connectivity index (χ0) is 12.0. The Labute approximate surface area is 109 Å². The summed E-state index contributed by atoms with van der Waals surface area (Å²) in [6.45, 7) is 2.07. The van der Waals surface area contributed by atoms with Crippen molar-refractivity contribution in [1.82, 2.24) is 9.55 Å². The number of hydrogen-bond donors (Lipinski definition) is 1. The number of benzene rings is 1. The van der Waals surface area contributed by atoms with E-state index in [1.807, 2.05) is 18.5 Å². The summed E-state index contributed by atoms with van der Waals surface area (Å²) in [5.74, 6) is 0.786. The van der Waals surface area contributed by atoms with E-state index in [1.54, 1.807) is 0 Å². The van der Waals surface area contributed by atoms with Crippen LogP contribution < -0.4 is 5.73 Å². The molecule has 0 aliphatic heterocycles. The molecule has 1 heterocycles.